The maximum absolute atomic E-state index is 13.5. The SMILES string of the molecule is COc1cc(C(NN)c2cc(C)cc(F)c2)ccc1Cl. The minimum absolute atomic E-state index is 0.291. The number of nitrogens with two attached hydrogens (primary N) is 1. The van der Waals surface area contributed by atoms with Gasteiger partial charge in [-0.05, 0) is 47.9 Å². The molecule has 0 fully saturated rings. The van der Waals surface area contributed by atoms with E-state index >= 15 is 0 Å². The van der Waals surface area contributed by atoms with Crippen LogP contribution in [0.2, 0.25) is 5.02 Å². The molecule has 5 heteroatoms. The van der Waals surface area contributed by atoms with Gasteiger partial charge in [0.05, 0.1) is 18.2 Å². The standard InChI is InChI=1S/C15H16ClFN2O/c1-9-5-11(7-12(17)6-9)15(19-18)10-3-4-13(16)14(8-10)20-2/h3-8,15,19H,18H2,1-2H3. The summed E-state index contributed by atoms with van der Waals surface area (Å²) >= 11 is 6.00. The molecule has 0 saturated carbocycles. The second kappa shape index (κ2) is 6.22. The summed E-state index contributed by atoms with van der Waals surface area (Å²) < 4.78 is 18.7. The molecule has 0 bridgehead atoms. The largest absolute Gasteiger partial charge is 0.495 e. The van der Waals surface area contributed by atoms with Crippen LogP contribution in [0.3, 0.4) is 0 Å². The van der Waals surface area contributed by atoms with E-state index in [1.54, 1.807) is 19.2 Å². The number of ether oxygens (including phenoxy) is 1. The summed E-state index contributed by atoms with van der Waals surface area (Å²) in [6, 6.07) is 9.82. The lowest BCUT2D eigenvalue weighted by Gasteiger charge is -2.18. The minimum Gasteiger partial charge on any atom is -0.495 e. The summed E-state index contributed by atoms with van der Waals surface area (Å²) in [7, 11) is 1.54. The third kappa shape index (κ3) is 3.10. The zero-order chi connectivity index (χ0) is 14.7. The fourth-order valence-corrected chi connectivity index (χ4v) is 2.37. The highest BCUT2D eigenvalue weighted by Gasteiger charge is 2.15. The van der Waals surface area contributed by atoms with Gasteiger partial charge in [0.2, 0.25) is 0 Å². The van der Waals surface area contributed by atoms with Gasteiger partial charge < -0.3 is 4.74 Å². The number of benzene rings is 2. The molecule has 20 heavy (non-hydrogen) atoms. The van der Waals surface area contributed by atoms with Crippen molar-refractivity contribution in [2.45, 2.75) is 13.0 Å². The Hall–Kier alpha value is -1.62. The molecule has 0 radical (unpaired) electrons. The Morgan fingerprint density at radius 3 is 2.55 bits per heavy atom. The zero-order valence-corrected chi connectivity index (χ0v) is 12.0. The number of aryl methyl sites for hydroxylation is 1. The summed E-state index contributed by atoms with van der Waals surface area (Å²) in [4.78, 5) is 0. The van der Waals surface area contributed by atoms with E-state index in [0.29, 0.717) is 10.8 Å². The first-order valence-corrected chi connectivity index (χ1v) is 6.49. The first-order chi connectivity index (χ1) is 9.55. The average molecular weight is 295 g/mol. The van der Waals surface area contributed by atoms with Gasteiger partial charge in [0.25, 0.3) is 0 Å². The average Bonchev–Trinajstić information content (AvgIpc) is 2.40. The number of hydrazine groups is 1. The summed E-state index contributed by atoms with van der Waals surface area (Å²) in [5.41, 5.74) is 5.12. The Kier molecular flexibility index (Phi) is 4.60. The van der Waals surface area contributed by atoms with Crippen molar-refractivity contribution >= 4 is 11.6 Å². The molecule has 0 amide bonds. The fraction of sp³-hybridized carbons (Fsp3) is 0.200. The van der Waals surface area contributed by atoms with E-state index in [4.69, 9.17) is 22.2 Å². The van der Waals surface area contributed by atoms with Crippen LogP contribution >= 0.6 is 11.6 Å². The maximum Gasteiger partial charge on any atom is 0.137 e. The third-order valence-corrected chi connectivity index (χ3v) is 3.39. The van der Waals surface area contributed by atoms with Gasteiger partial charge in [-0.2, -0.15) is 0 Å². The lowest BCUT2D eigenvalue weighted by molar-refractivity contribution is 0.414. The van der Waals surface area contributed by atoms with Crippen LogP contribution in [-0.2, 0) is 0 Å². The Labute approximate surface area is 122 Å². The van der Waals surface area contributed by atoms with Crippen LogP contribution in [0.1, 0.15) is 22.7 Å². The number of halogens is 2. The van der Waals surface area contributed by atoms with Crippen LogP contribution in [0.25, 0.3) is 0 Å². The van der Waals surface area contributed by atoms with Crippen molar-refractivity contribution in [1.82, 2.24) is 5.43 Å². The Bertz CT molecular complexity index is 599. The molecule has 2 rings (SSSR count). The van der Waals surface area contributed by atoms with Gasteiger partial charge in [0.1, 0.15) is 11.6 Å². The molecule has 2 aromatic rings. The van der Waals surface area contributed by atoms with Gasteiger partial charge in [-0.15, -0.1) is 0 Å². The normalized spacial score (nSPS) is 12.2. The summed E-state index contributed by atoms with van der Waals surface area (Å²) in [6.45, 7) is 1.84. The topological polar surface area (TPSA) is 47.3 Å². The molecule has 106 valence electrons. The predicted molar refractivity (Wildman–Crippen MR) is 78.3 cm³/mol. The van der Waals surface area contributed by atoms with Gasteiger partial charge in [0.15, 0.2) is 0 Å². The highest BCUT2D eigenvalue weighted by molar-refractivity contribution is 6.32. The molecule has 2 aromatic carbocycles. The van der Waals surface area contributed by atoms with Crippen molar-refractivity contribution in [1.29, 1.82) is 0 Å². The van der Waals surface area contributed by atoms with Crippen molar-refractivity contribution in [3.8, 4) is 5.75 Å². The maximum atomic E-state index is 13.5. The van der Waals surface area contributed by atoms with E-state index in [1.165, 1.54) is 12.1 Å². The van der Waals surface area contributed by atoms with Gasteiger partial charge >= 0.3 is 0 Å². The fourth-order valence-electron chi connectivity index (χ4n) is 2.17. The number of methoxy groups -OCH3 is 1. The molecule has 0 aliphatic rings. The monoisotopic (exact) mass is 294 g/mol. The number of hydrogen-bond acceptors (Lipinski definition) is 3. The van der Waals surface area contributed by atoms with Crippen molar-refractivity contribution in [3.05, 3.63) is 63.9 Å². The summed E-state index contributed by atoms with van der Waals surface area (Å²) in [6.07, 6.45) is 0. The molecule has 0 spiro atoms. The van der Waals surface area contributed by atoms with Crippen molar-refractivity contribution in [2.75, 3.05) is 7.11 Å². The molecule has 0 aliphatic carbocycles. The molecular formula is C15H16ClFN2O. The first kappa shape index (κ1) is 14.8. The van der Waals surface area contributed by atoms with E-state index in [1.807, 2.05) is 19.1 Å². The van der Waals surface area contributed by atoms with E-state index in [9.17, 15) is 4.39 Å². The Balaban J connectivity index is 2.46. The zero-order valence-electron chi connectivity index (χ0n) is 11.3. The van der Waals surface area contributed by atoms with E-state index in [-0.39, 0.29) is 11.9 Å². The van der Waals surface area contributed by atoms with Gasteiger partial charge in [-0.3, -0.25) is 5.84 Å². The molecule has 1 atom stereocenters. The Morgan fingerprint density at radius 1 is 1.20 bits per heavy atom. The third-order valence-electron chi connectivity index (χ3n) is 3.07. The van der Waals surface area contributed by atoms with Crippen LogP contribution in [0.15, 0.2) is 36.4 Å². The van der Waals surface area contributed by atoms with E-state index in [2.05, 4.69) is 5.43 Å². The second-order valence-corrected chi connectivity index (χ2v) is 4.96. The predicted octanol–water partition coefficient (Wildman–Crippen LogP) is 3.35. The molecule has 1 unspecified atom stereocenters. The molecule has 3 N–H and O–H groups in total. The van der Waals surface area contributed by atoms with Gasteiger partial charge in [0, 0.05) is 0 Å². The second-order valence-electron chi connectivity index (χ2n) is 4.56. The highest BCUT2D eigenvalue weighted by atomic mass is 35.5. The number of nitrogens with one attached hydrogen (secondary N) is 1. The van der Waals surface area contributed by atoms with Gasteiger partial charge in [-0.25, -0.2) is 9.82 Å². The first-order valence-electron chi connectivity index (χ1n) is 6.12. The molecule has 3 nitrogen and oxygen atoms in total. The lowest BCUT2D eigenvalue weighted by atomic mass is 9.97. The molecular weight excluding hydrogens is 279 g/mol. The molecule has 0 aliphatic heterocycles. The van der Waals surface area contributed by atoms with Crippen LogP contribution in [0.4, 0.5) is 4.39 Å². The van der Waals surface area contributed by atoms with E-state index in [0.717, 1.165) is 16.7 Å². The quantitative estimate of drug-likeness (QED) is 0.671. The Morgan fingerprint density at radius 2 is 1.95 bits per heavy atom. The highest BCUT2D eigenvalue weighted by Crippen LogP contribution is 2.30. The van der Waals surface area contributed by atoms with Crippen molar-refractivity contribution in [2.24, 2.45) is 5.84 Å². The van der Waals surface area contributed by atoms with Crippen LogP contribution in [0.5, 0.6) is 5.75 Å². The van der Waals surface area contributed by atoms with Crippen molar-refractivity contribution < 1.29 is 9.13 Å². The number of rotatable bonds is 4. The lowest BCUT2D eigenvalue weighted by Crippen LogP contribution is -2.29. The van der Waals surface area contributed by atoms with E-state index < -0.39 is 0 Å². The van der Waals surface area contributed by atoms with Gasteiger partial charge in [-0.1, -0.05) is 23.7 Å². The van der Waals surface area contributed by atoms with Crippen molar-refractivity contribution in [3.63, 3.8) is 0 Å². The number of hydrogen-bond donors (Lipinski definition) is 2. The smallest absolute Gasteiger partial charge is 0.137 e. The summed E-state index contributed by atoms with van der Waals surface area (Å²) in [5.74, 6) is 5.88. The molecule has 0 heterocycles. The van der Waals surface area contributed by atoms with Crippen LogP contribution in [0, 0.1) is 12.7 Å². The minimum atomic E-state index is -0.337. The van der Waals surface area contributed by atoms with Crippen LogP contribution in [-0.4, -0.2) is 7.11 Å². The van der Waals surface area contributed by atoms with Crippen LogP contribution < -0.4 is 16.0 Å². The molecule has 0 aromatic heterocycles. The molecule has 0 saturated heterocycles. The summed E-state index contributed by atoms with van der Waals surface area (Å²) in [5, 5.41) is 0.516.